The van der Waals surface area contributed by atoms with Crippen LogP contribution in [0.15, 0.2) is 42.5 Å². The van der Waals surface area contributed by atoms with Gasteiger partial charge in [-0.15, -0.1) is 0 Å². The number of nitro benzene ring substituents is 1. The lowest BCUT2D eigenvalue weighted by molar-refractivity contribution is -0.385. The number of nitrogens with zero attached hydrogens (tertiary/aromatic N) is 3. The Labute approximate surface area is 172 Å². The molecular formula is C20H18N4O5S. The van der Waals surface area contributed by atoms with Crippen molar-refractivity contribution in [1.82, 2.24) is 9.78 Å². The second-order valence-electron chi connectivity index (χ2n) is 7.24. The first-order valence-corrected chi connectivity index (χ1v) is 10.9. The van der Waals surface area contributed by atoms with Gasteiger partial charge in [-0.25, -0.2) is 13.1 Å². The average molecular weight is 426 g/mol. The summed E-state index contributed by atoms with van der Waals surface area (Å²) in [6.07, 6.45) is 0. The molecule has 1 N–H and O–H groups in total. The monoisotopic (exact) mass is 426 g/mol. The van der Waals surface area contributed by atoms with Gasteiger partial charge in [-0.1, -0.05) is 29.8 Å². The van der Waals surface area contributed by atoms with Gasteiger partial charge >= 0.3 is 0 Å². The number of hydrogen-bond donors (Lipinski definition) is 1. The summed E-state index contributed by atoms with van der Waals surface area (Å²) in [4.78, 5) is 23.6. The maximum absolute atomic E-state index is 12.9. The third kappa shape index (κ3) is 3.45. The first-order valence-electron chi connectivity index (χ1n) is 9.10. The van der Waals surface area contributed by atoms with Gasteiger partial charge in [0.1, 0.15) is 11.4 Å². The Kier molecular flexibility index (Phi) is 4.65. The summed E-state index contributed by atoms with van der Waals surface area (Å²) < 4.78 is 25.7. The molecule has 0 unspecified atom stereocenters. The van der Waals surface area contributed by atoms with Crippen molar-refractivity contribution in [1.29, 1.82) is 0 Å². The van der Waals surface area contributed by atoms with Crippen LogP contribution in [0.5, 0.6) is 0 Å². The van der Waals surface area contributed by atoms with Crippen molar-refractivity contribution >= 4 is 27.2 Å². The van der Waals surface area contributed by atoms with E-state index in [9.17, 15) is 23.3 Å². The number of amides is 1. The summed E-state index contributed by atoms with van der Waals surface area (Å²) in [7, 11) is -3.36. The molecule has 1 aliphatic heterocycles. The van der Waals surface area contributed by atoms with Gasteiger partial charge in [-0.2, -0.15) is 5.10 Å². The highest BCUT2D eigenvalue weighted by atomic mass is 32.2. The van der Waals surface area contributed by atoms with E-state index in [1.54, 1.807) is 0 Å². The number of carbonyl (C=O) groups excluding carboxylic acids is 1. The Bertz CT molecular complexity index is 1310. The molecule has 4 rings (SSSR count). The Balaban J connectivity index is 1.83. The number of hydrogen-bond acceptors (Lipinski definition) is 6. The number of rotatable bonds is 4. The van der Waals surface area contributed by atoms with Crippen molar-refractivity contribution in [3.8, 4) is 5.69 Å². The molecule has 0 saturated carbocycles. The van der Waals surface area contributed by atoms with Crippen LogP contribution in [0.25, 0.3) is 5.69 Å². The fraction of sp³-hybridized carbons (Fsp3) is 0.200. The van der Waals surface area contributed by atoms with E-state index in [1.165, 1.54) is 28.9 Å². The van der Waals surface area contributed by atoms with Crippen LogP contribution in [0, 0.1) is 24.0 Å². The number of nitrogens with one attached hydrogen (secondary N) is 1. The summed E-state index contributed by atoms with van der Waals surface area (Å²) in [6, 6.07) is 11.3. The number of para-hydroxylation sites is 1. The van der Waals surface area contributed by atoms with Gasteiger partial charge in [0.05, 0.1) is 27.8 Å². The van der Waals surface area contributed by atoms with Gasteiger partial charge in [0.2, 0.25) is 0 Å². The van der Waals surface area contributed by atoms with Crippen molar-refractivity contribution in [2.75, 3.05) is 5.32 Å². The van der Waals surface area contributed by atoms with Crippen LogP contribution in [0.4, 0.5) is 11.5 Å². The van der Waals surface area contributed by atoms with Crippen LogP contribution in [0.3, 0.4) is 0 Å². The minimum Gasteiger partial charge on any atom is -0.306 e. The molecular weight excluding hydrogens is 408 g/mol. The van der Waals surface area contributed by atoms with Crippen LogP contribution in [-0.2, 0) is 21.3 Å². The number of aryl methyl sites for hydroxylation is 2. The number of nitro groups is 1. The van der Waals surface area contributed by atoms with Gasteiger partial charge in [0.25, 0.3) is 11.6 Å². The molecule has 9 nitrogen and oxygen atoms in total. The van der Waals surface area contributed by atoms with Crippen molar-refractivity contribution in [2.24, 2.45) is 0 Å². The zero-order valence-electron chi connectivity index (χ0n) is 16.2. The quantitative estimate of drug-likeness (QED) is 0.505. The standard InChI is InChI=1S/C20H18N4O5S/c1-12-7-8-17(13(2)9-12)23-19(15-10-30(28,29)11-16(15)22-23)21-20(25)14-5-3-4-6-18(14)24(26)27/h3-9H,10-11H2,1-2H3,(H,21,25). The van der Waals surface area contributed by atoms with Crippen LogP contribution in [-0.4, -0.2) is 29.0 Å². The molecule has 154 valence electrons. The highest BCUT2D eigenvalue weighted by Crippen LogP contribution is 2.34. The number of anilines is 1. The molecule has 30 heavy (non-hydrogen) atoms. The molecule has 2 heterocycles. The van der Waals surface area contributed by atoms with Gasteiger partial charge in [-0.3, -0.25) is 14.9 Å². The highest BCUT2D eigenvalue weighted by molar-refractivity contribution is 7.90. The molecule has 0 saturated heterocycles. The van der Waals surface area contributed by atoms with Crippen LogP contribution < -0.4 is 5.32 Å². The zero-order chi connectivity index (χ0) is 21.6. The third-order valence-electron chi connectivity index (χ3n) is 4.95. The molecule has 1 amide bonds. The number of benzene rings is 2. The summed E-state index contributed by atoms with van der Waals surface area (Å²) >= 11 is 0. The fourth-order valence-electron chi connectivity index (χ4n) is 3.59. The predicted molar refractivity (Wildman–Crippen MR) is 110 cm³/mol. The lowest BCUT2D eigenvalue weighted by Crippen LogP contribution is -2.18. The molecule has 3 aromatic rings. The molecule has 0 aliphatic carbocycles. The van der Waals surface area contributed by atoms with Crippen LogP contribution >= 0.6 is 0 Å². The Hall–Kier alpha value is -3.53. The summed E-state index contributed by atoms with van der Waals surface area (Å²) in [5.41, 5.74) is 2.94. The summed E-state index contributed by atoms with van der Waals surface area (Å²) in [5.74, 6) is -0.963. The van der Waals surface area contributed by atoms with Gasteiger partial charge in [0.15, 0.2) is 9.84 Å². The molecule has 0 fully saturated rings. The summed E-state index contributed by atoms with van der Waals surface area (Å²) in [6.45, 7) is 3.84. The van der Waals surface area contributed by atoms with E-state index in [1.807, 2.05) is 32.0 Å². The first-order chi connectivity index (χ1) is 14.2. The minimum atomic E-state index is -3.36. The molecule has 1 aromatic heterocycles. The Morgan fingerprint density at radius 3 is 2.60 bits per heavy atom. The molecule has 1 aliphatic rings. The maximum atomic E-state index is 12.9. The Morgan fingerprint density at radius 1 is 1.17 bits per heavy atom. The topological polar surface area (TPSA) is 124 Å². The van der Waals surface area contributed by atoms with E-state index >= 15 is 0 Å². The second-order valence-corrected chi connectivity index (χ2v) is 9.30. The number of aromatic nitrogens is 2. The SMILES string of the molecule is Cc1ccc(-n2nc3c(c2NC(=O)c2ccccc2[N+](=O)[O-])CS(=O)(=O)C3)c(C)c1. The smallest absolute Gasteiger partial charge is 0.282 e. The molecule has 2 aromatic carbocycles. The average Bonchev–Trinajstić information content (AvgIpc) is 3.14. The largest absolute Gasteiger partial charge is 0.306 e. The van der Waals surface area contributed by atoms with Crippen LogP contribution in [0.1, 0.15) is 32.7 Å². The summed E-state index contributed by atoms with van der Waals surface area (Å²) in [5, 5.41) is 18.4. The lowest BCUT2D eigenvalue weighted by atomic mass is 10.1. The van der Waals surface area contributed by atoms with E-state index in [0.717, 1.165) is 11.1 Å². The highest BCUT2D eigenvalue weighted by Gasteiger charge is 2.34. The van der Waals surface area contributed by atoms with E-state index in [4.69, 9.17) is 0 Å². The number of fused-ring (bicyclic) bond motifs is 1. The fourth-order valence-corrected chi connectivity index (χ4v) is 5.08. The van der Waals surface area contributed by atoms with Gasteiger partial charge in [0, 0.05) is 11.6 Å². The molecule has 0 radical (unpaired) electrons. The number of sulfone groups is 1. The first kappa shape index (κ1) is 19.8. The molecule has 10 heteroatoms. The van der Waals surface area contributed by atoms with E-state index in [-0.39, 0.29) is 28.6 Å². The van der Waals surface area contributed by atoms with E-state index in [2.05, 4.69) is 10.4 Å². The lowest BCUT2D eigenvalue weighted by Gasteiger charge is -2.13. The third-order valence-corrected chi connectivity index (χ3v) is 6.39. The molecule has 0 atom stereocenters. The van der Waals surface area contributed by atoms with Crippen molar-refractivity contribution in [2.45, 2.75) is 25.4 Å². The van der Waals surface area contributed by atoms with Crippen molar-refractivity contribution in [3.63, 3.8) is 0 Å². The molecule has 0 spiro atoms. The van der Waals surface area contributed by atoms with Gasteiger partial charge in [-0.05, 0) is 31.5 Å². The Morgan fingerprint density at radius 2 is 1.90 bits per heavy atom. The predicted octanol–water partition coefficient (Wildman–Crippen LogP) is 3.08. The van der Waals surface area contributed by atoms with Crippen molar-refractivity contribution in [3.05, 3.63) is 80.5 Å². The maximum Gasteiger partial charge on any atom is 0.282 e. The van der Waals surface area contributed by atoms with Crippen molar-refractivity contribution < 1.29 is 18.1 Å². The molecule has 0 bridgehead atoms. The second kappa shape index (κ2) is 7.06. The zero-order valence-corrected chi connectivity index (χ0v) is 17.1. The normalized spacial score (nSPS) is 14.3. The number of carbonyl (C=O) groups is 1. The van der Waals surface area contributed by atoms with Crippen LogP contribution in [0.2, 0.25) is 0 Å². The van der Waals surface area contributed by atoms with E-state index in [0.29, 0.717) is 16.9 Å². The van der Waals surface area contributed by atoms with Gasteiger partial charge < -0.3 is 5.32 Å². The minimum absolute atomic E-state index is 0.120. The van der Waals surface area contributed by atoms with E-state index < -0.39 is 20.7 Å².